The first-order valence-electron chi connectivity index (χ1n) is 8.06. The van der Waals surface area contributed by atoms with E-state index in [-0.39, 0.29) is 16.7 Å². The van der Waals surface area contributed by atoms with E-state index < -0.39 is 17.5 Å². The highest BCUT2D eigenvalue weighted by atomic mass is 19.1. The number of aromatic amines is 1. The summed E-state index contributed by atoms with van der Waals surface area (Å²) >= 11 is 0. The number of halogens is 2. The van der Waals surface area contributed by atoms with Gasteiger partial charge in [0.15, 0.2) is 0 Å². The van der Waals surface area contributed by atoms with Crippen LogP contribution in [-0.4, -0.2) is 21.1 Å². The summed E-state index contributed by atoms with van der Waals surface area (Å²) in [6, 6.07) is 15.1. The fourth-order valence-electron chi connectivity index (χ4n) is 2.91. The Hall–Kier alpha value is -3.58. The van der Waals surface area contributed by atoms with E-state index >= 15 is 0 Å². The quantitative estimate of drug-likeness (QED) is 0.374. The van der Waals surface area contributed by atoms with Gasteiger partial charge in [-0.15, -0.1) is 0 Å². The van der Waals surface area contributed by atoms with Crippen molar-refractivity contribution < 1.29 is 18.8 Å². The standard InChI is InChI=1S/C20H13F2N3O2/c21-15-4-2-1-3-13(15)14-7-5-11(9-16(14)22)19-23-17-8-6-12(20(26)25-27)10-18(17)24-19/h1-10,27H,(H,23,24)(H,25,26). The minimum Gasteiger partial charge on any atom is -0.338 e. The molecule has 0 spiro atoms. The number of amides is 1. The number of aromatic nitrogens is 2. The Morgan fingerprint density at radius 3 is 2.48 bits per heavy atom. The molecule has 1 heterocycles. The second-order valence-electron chi connectivity index (χ2n) is 5.93. The molecule has 1 amide bonds. The molecule has 0 bridgehead atoms. The third kappa shape index (κ3) is 3.04. The van der Waals surface area contributed by atoms with Crippen LogP contribution in [0.5, 0.6) is 0 Å². The summed E-state index contributed by atoms with van der Waals surface area (Å²) in [4.78, 5) is 18.9. The number of imidazole rings is 1. The predicted octanol–water partition coefficient (Wildman–Crippen LogP) is 4.29. The summed E-state index contributed by atoms with van der Waals surface area (Å²) in [6.45, 7) is 0. The van der Waals surface area contributed by atoms with E-state index in [4.69, 9.17) is 5.21 Å². The minimum absolute atomic E-state index is 0.162. The second kappa shape index (κ2) is 6.62. The van der Waals surface area contributed by atoms with E-state index in [9.17, 15) is 13.6 Å². The zero-order valence-electron chi connectivity index (χ0n) is 13.8. The van der Waals surface area contributed by atoms with Crippen molar-refractivity contribution in [2.45, 2.75) is 0 Å². The number of carbonyl (C=O) groups excluding carboxylic acids is 1. The van der Waals surface area contributed by atoms with Crippen LogP contribution in [0.2, 0.25) is 0 Å². The number of carbonyl (C=O) groups is 1. The van der Waals surface area contributed by atoms with Crippen LogP contribution >= 0.6 is 0 Å². The summed E-state index contributed by atoms with van der Waals surface area (Å²) in [5, 5.41) is 8.72. The van der Waals surface area contributed by atoms with Crippen LogP contribution in [0.3, 0.4) is 0 Å². The van der Waals surface area contributed by atoms with Crippen molar-refractivity contribution >= 4 is 16.9 Å². The van der Waals surface area contributed by atoms with Gasteiger partial charge in [0, 0.05) is 22.3 Å². The second-order valence-corrected chi connectivity index (χ2v) is 5.93. The van der Waals surface area contributed by atoms with Gasteiger partial charge in [0.2, 0.25) is 0 Å². The fraction of sp³-hybridized carbons (Fsp3) is 0. The van der Waals surface area contributed by atoms with E-state index in [2.05, 4.69) is 9.97 Å². The average molecular weight is 365 g/mol. The van der Waals surface area contributed by atoms with Gasteiger partial charge in [0.1, 0.15) is 17.5 Å². The summed E-state index contributed by atoms with van der Waals surface area (Å²) < 4.78 is 28.5. The molecule has 0 fully saturated rings. The Bertz CT molecular complexity index is 1170. The summed E-state index contributed by atoms with van der Waals surface area (Å²) in [7, 11) is 0. The third-order valence-corrected chi connectivity index (χ3v) is 4.25. The number of hydrogen-bond donors (Lipinski definition) is 3. The number of hydroxylamine groups is 1. The van der Waals surface area contributed by atoms with Crippen molar-refractivity contribution in [3.8, 4) is 22.5 Å². The molecule has 0 aliphatic rings. The Balaban J connectivity index is 1.74. The average Bonchev–Trinajstić information content (AvgIpc) is 3.11. The molecule has 0 saturated heterocycles. The van der Waals surface area contributed by atoms with E-state index in [0.717, 1.165) is 0 Å². The molecule has 0 aliphatic heterocycles. The molecule has 0 radical (unpaired) electrons. The lowest BCUT2D eigenvalue weighted by molar-refractivity contribution is 0.0706. The highest BCUT2D eigenvalue weighted by molar-refractivity contribution is 5.97. The highest BCUT2D eigenvalue weighted by Crippen LogP contribution is 2.29. The van der Waals surface area contributed by atoms with E-state index in [1.165, 1.54) is 36.4 Å². The van der Waals surface area contributed by atoms with Crippen molar-refractivity contribution in [2.75, 3.05) is 0 Å². The van der Waals surface area contributed by atoms with Gasteiger partial charge in [-0.25, -0.2) is 19.2 Å². The van der Waals surface area contributed by atoms with Gasteiger partial charge < -0.3 is 4.98 Å². The first-order valence-corrected chi connectivity index (χ1v) is 8.06. The molecule has 27 heavy (non-hydrogen) atoms. The smallest absolute Gasteiger partial charge is 0.274 e. The number of nitrogens with one attached hydrogen (secondary N) is 2. The molecule has 0 saturated carbocycles. The van der Waals surface area contributed by atoms with Crippen molar-refractivity contribution in [1.29, 1.82) is 0 Å². The van der Waals surface area contributed by atoms with Crippen LogP contribution in [0.25, 0.3) is 33.5 Å². The summed E-state index contributed by atoms with van der Waals surface area (Å²) in [5.41, 5.74) is 3.79. The lowest BCUT2D eigenvalue weighted by Crippen LogP contribution is -2.18. The Morgan fingerprint density at radius 2 is 1.74 bits per heavy atom. The maximum Gasteiger partial charge on any atom is 0.274 e. The number of benzene rings is 3. The monoisotopic (exact) mass is 365 g/mol. The molecule has 3 aromatic carbocycles. The minimum atomic E-state index is -0.645. The molecule has 134 valence electrons. The van der Waals surface area contributed by atoms with Gasteiger partial charge in [-0.05, 0) is 30.3 Å². The molecule has 5 nitrogen and oxygen atoms in total. The van der Waals surface area contributed by atoms with Crippen LogP contribution in [-0.2, 0) is 0 Å². The number of fused-ring (bicyclic) bond motifs is 1. The lowest BCUT2D eigenvalue weighted by atomic mass is 10.0. The summed E-state index contributed by atoms with van der Waals surface area (Å²) in [6.07, 6.45) is 0. The maximum atomic E-state index is 14.6. The van der Waals surface area contributed by atoms with Crippen LogP contribution in [0.1, 0.15) is 10.4 Å². The van der Waals surface area contributed by atoms with Crippen molar-refractivity contribution in [2.24, 2.45) is 0 Å². The Morgan fingerprint density at radius 1 is 0.963 bits per heavy atom. The van der Waals surface area contributed by atoms with Crippen LogP contribution < -0.4 is 5.48 Å². The Kier molecular flexibility index (Phi) is 4.13. The number of H-pyrrole nitrogens is 1. The molecule has 7 heteroatoms. The fourth-order valence-corrected chi connectivity index (χ4v) is 2.91. The van der Waals surface area contributed by atoms with Crippen LogP contribution in [0.4, 0.5) is 8.78 Å². The topological polar surface area (TPSA) is 78.0 Å². The molecule has 0 unspecified atom stereocenters. The SMILES string of the molecule is O=C(NO)c1ccc2nc(-c3ccc(-c4ccccc4F)c(F)c3)[nH]c2c1. The first-order chi connectivity index (χ1) is 13.1. The molecule has 4 rings (SSSR count). The van der Waals surface area contributed by atoms with Crippen molar-refractivity contribution in [1.82, 2.24) is 15.4 Å². The van der Waals surface area contributed by atoms with Gasteiger partial charge in [-0.2, -0.15) is 0 Å². The van der Waals surface area contributed by atoms with Crippen molar-refractivity contribution in [3.05, 3.63) is 77.9 Å². The molecular formula is C20H13F2N3O2. The number of rotatable bonds is 3. The molecule has 0 aliphatic carbocycles. The van der Waals surface area contributed by atoms with Crippen LogP contribution in [0.15, 0.2) is 60.7 Å². The predicted molar refractivity (Wildman–Crippen MR) is 96.1 cm³/mol. The summed E-state index contributed by atoms with van der Waals surface area (Å²) in [5.74, 6) is -1.31. The van der Waals surface area contributed by atoms with Crippen molar-refractivity contribution in [3.63, 3.8) is 0 Å². The zero-order valence-corrected chi connectivity index (χ0v) is 13.8. The molecule has 3 N–H and O–H groups in total. The maximum absolute atomic E-state index is 14.6. The van der Waals surface area contributed by atoms with Crippen LogP contribution in [0, 0.1) is 11.6 Å². The van der Waals surface area contributed by atoms with Gasteiger partial charge in [0.05, 0.1) is 11.0 Å². The number of hydrogen-bond acceptors (Lipinski definition) is 3. The molecular weight excluding hydrogens is 352 g/mol. The largest absolute Gasteiger partial charge is 0.338 e. The van der Waals surface area contributed by atoms with Gasteiger partial charge in [-0.3, -0.25) is 10.0 Å². The number of nitrogens with zero attached hydrogens (tertiary/aromatic N) is 1. The molecule has 0 atom stereocenters. The highest BCUT2D eigenvalue weighted by Gasteiger charge is 2.13. The lowest BCUT2D eigenvalue weighted by Gasteiger charge is -2.06. The Labute approximate surface area is 152 Å². The molecule has 1 aromatic heterocycles. The molecule has 4 aromatic rings. The van der Waals surface area contributed by atoms with Gasteiger partial charge in [0.25, 0.3) is 5.91 Å². The normalized spacial score (nSPS) is 10.9. The van der Waals surface area contributed by atoms with E-state index in [1.54, 1.807) is 29.7 Å². The van der Waals surface area contributed by atoms with Gasteiger partial charge >= 0.3 is 0 Å². The van der Waals surface area contributed by atoms with Gasteiger partial charge in [-0.1, -0.05) is 30.3 Å². The third-order valence-electron chi connectivity index (χ3n) is 4.25. The zero-order chi connectivity index (χ0) is 19.0. The first kappa shape index (κ1) is 16.9. The van der Waals surface area contributed by atoms with E-state index in [0.29, 0.717) is 22.4 Å². The van der Waals surface area contributed by atoms with E-state index in [1.807, 2.05) is 0 Å².